The lowest BCUT2D eigenvalue weighted by Gasteiger charge is -2.15. The van der Waals surface area contributed by atoms with E-state index in [2.05, 4.69) is 6.58 Å². The first-order chi connectivity index (χ1) is 9.82. The molecule has 0 N–H and O–H groups in total. The Hall–Kier alpha value is -2.17. The second-order valence-corrected chi connectivity index (χ2v) is 4.76. The van der Waals surface area contributed by atoms with Gasteiger partial charge in [0.1, 0.15) is 13.6 Å². The molecule has 0 saturated heterocycles. The van der Waals surface area contributed by atoms with Gasteiger partial charge in [-0.3, -0.25) is 0 Å². The minimum Gasteiger partial charge on any atom is -0.496 e. The van der Waals surface area contributed by atoms with Gasteiger partial charge in [-0.05, 0) is 28.8 Å². The average Bonchev–Trinajstić information content (AvgIpc) is 2.45. The minimum atomic E-state index is -4.46. The lowest BCUT2D eigenvalue weighted by atomic mass is 9.90. The van der Waals surface area contributed by atoms with E-state index in [0.29, 0.717) is 11.1 Å². The normalized spacial score (nSPS) is 11.2. The number of hydrogen-bond acceptors (Lipinski definition) is 1. The van der Waals surface area contributed by atoms with Crippen molar-refractivity contribution in [1.82, 2.24) is 0 Å². The Morgan fingerprint density at radius 2 is 1.76 bits per heavy atom. The molecule has 2 aromatic carbocycles. The predicted molar refractivity (Wildman–Crippen MR) is 80.8 cm³/mol. The first-order valence-electron chi connectivity index (χ1n) is 6.34. The van der Waals surface area contributed by atoms with Crippen molar-refractivity contribution in [2.45, 2.75) is 6.18 Å². The molecule has 0 unspecified atom stereocenters. The summed E-state index contributed by atoms with van der Waals surface area (Å²) in [5.74, 6) is -0.191. The lowest BCUT2D eigenvalue weighted by Crippen LogP contribution is -2.08. The average molecular weight is 290 g/mol. The number of hydrogen-bond donors (Lipinski definition) is 0. The van der Waals surface area contributed by atoms with Crippen LogP contribution in [0.15, 0.2) is 49.0 Å². The van der Waals surface area contributed by atoms with Gasteiger partial charge in [0.2, 0.25) is 0 Å². The third-order valence-electron chi connectivity index (χ3n) is 3.22. The van der Waals surface area contributed by atoms with Gasteiger partial charge in [0.25, 0.3) is 0 Å². The maximum atomic E-state index is 13.0. The fraction of sp³-hybridized carbons (Fsp3) is 0.125. The molecule has 0 spiro atoms. The van der Waals surface area contributed by atoms with Crippen LogP contribution in [0.1, 0.15) is 16.7 Å². The van der Waals surface area contributed by atoms with E-state index in [1.807, 2.05) is 32.1 Å². The van der Waals surface area contributed by atoms with E-state index in [1.165, 1.54) is 13.2 Å². The van der Waals surface area contributed by atoms with E-state index in [9.17, 15) is 13.2 Å². The Morgan fingerprint density at radius 1 is 1.10 bits per heavy atom. The van der Waals surface area contributed by atoms with Crippen LogP contribution in [0.3, 0.4) is 0 Å². The first-order valence-corrected chi connectivity index (χ1v) is 6.34. The van der Waals surface area contributed by atoms with Gasteiger partial charge in [-0.2, -0.15) is 13.2 Å². The lowest BCUT2D eigenvalue weighted by molar-refractivity contribution is -0.138. The number of ether oxygens (including phenoxy) is 1. The molecular weight excluding hydrogens is 276 g/mol. The largest absolute Gasteiger partial charge is 0.496 e. The smallest absolute Gasteiger partial charge is 0.419 e. The third kappa shape index (κ3) is 3.30. The maximum Gasteiger partial charge on any atom is 0.419 e. The van der Waals surface area contributed by atoms with Crippen LogP contribution in [0.5, 0.6) is 5.75 Å². The standard InChI is InChI=1S/C16H14BF3O/c1-10(11-4-3-5-13(17)8-11)12-6-7-15(21-2)14(9-12)16(18,19)20/h3-9H,1,17H2,2H3. The Labute approximate surface area is 122 Å². The Morgan fingerprint density at radius 3 is 2.33 bits per heavy atom. The quantitative estimate of drug-likeness (QED) is 0.790. The van der Waals surface area contributed by atoms with Crippen LogP contribution < -0.4 is 10.2 Å². The fourth-order valence-electron chi connectivity index (χ4n) is 2.12. The molecule has 0 aromatic heterocycles. The van der Waals surface area contributed by atoms with Crippen LogP contribution in [0, 0.1) is 0 Å². The highest BCUT2D eigenvalue weighted by Crippen LogP contribution is 2.38. The summed E-state index contributed by atoms with van der Waals surface area (Å²) in [6.45, 7) is 3.91. The van der Waals surface area contributed by atoms with Crippen LogP contribution in [0.2, 0.25) is 0 Å². The van der Waals surface area contributed by atoms with E-state index in [-0.39, 0.29) is 5.75 Å². The van der Waals surface area contributed by atoms with Gasteiger partial charge in [0.15, 0.2) is 0 Å². The van der Waals surface area contributed by atoms with E-state index >= 15 is 0 Å². The van der Waals surface area contributed by atoms with Crippen LogP contribution in [0.25, 0.3) is 5.57 Å². The van der Waals surface area contributed by atoms with Crippen molar-refractivity contribution in [2.75, 3.05) is 7.11 Å². The van der Waals surface area contributed by atoms with Crippen molar-refractivity contribution in [3.05, 3.63) is 65.7 Å². The molecule has 0 atom stereocenters. The van der Waals surface area contributed by atoms with Gasteiger partial charge < -0.3 is 4.74 Å². The van der Waals surface area contributed by atoms with Gasteiger partial charge in [-0.15, -0.1) is 0 Å². The highest BCUT2D eigenvalue weighted by atomic mass is 19.4. The van der Waals surface area contributed by atoms with Crippen molar-refractivity contribution in [1.29, 1.82) is 0 Å². The Kier molecular flexibility index (Phi) is 4.12. The molecule has 21 heavy (non-hydrogen) atoms. The van der Waals surface area contributed by atoms with Gasteiger partial charge in [-0.1, -0.05) is 42.4 Å². The van der Waals surface area contributed by atoms with Crippen molar-refractivity contribution in [2.24, 2.45) is 0 Å². The van der Waals surface area contributed by atoms with Gasteiger partial charge in [0.05, 0.1) is 12.7 Å². The second kappa shape index (κ2) is 5.68. The number of benzene rings is 2. The van der Waals surface area contributed by atoms with Gasteiger partial charge in [0, 0.05) is 0 Å². The fourth-order valence-corrected chi connectivity index (χ4v) is 2.12. The molecule has 108 valence electrons. The van der Waals surface area contributed by atoms with E-state index in [1.54, 1.807) is 6.07 Å². The zero-order valence-corrected chi connectivity index (χ0v) is 11.8. The molecule has 0 fully saturated rings. The van der Waals surface area contributed by atoms with Crippen LogP contribution >= 0.6 is 0 Å². The highest BCUT2D eigenvalue weighted by molar-refractivity contribution is 6.32. The van der Waals surface area contributed by atoms with Crippen molar-refractivity contribution in [3.8, 4) is 5.75 Å². The van der Waals surface area contributed by atoms with Crippen LogP contribution in [-0.2, 0) is 6.18 Å². The molecular formula is C16H14BF3O. The number of rotatable bonds is 3. The molecule has 0 aliphatic rings. The zero-order chi connectivity index (χ0) is 15.6. The summed E-state index contributed by atoms with van der Waals surface area (Å²) in [5, 5.41) is 0. The summed E-state index contributed by atoms with van der Waals surface area (Å²) in [4.78, 5) is 0. The molecule has 0 radical (unpaired) electrons. The zero-order valence-electron chi connectivity index (χ0n) is 11.8. The van der Waals surface area contributed by atoms with Crippen molar-refractivity contribution < 1.29 is 17.9 Å². The molecule has 0 amide bonds. The summed E-state index contributed by atoms with van der Waals surface area (Å²) in [7, 11) is 3.14. The Bertz CT molecular complexity index is 677. The predicted octanol–water partition coefficient (Wildman–Crippen LogP) is 3.03. The SMILES string of the molecule is Bc1cccc(C(=C)c2ccc(OC)c(C(F)(F)F)c2)c1. The molecule has 2 aromatic rings. The molecule has 0 heterocycles. The topological polar surface area (TPSA) is 9.23 Å². The molecule has 0 saturated carbocycles. The molecule has 1 nitrogen and oxygen atoms in total. The van der Waals surface area contributed by atoms with Gasteiger partial charge >= 0.3 is 6.18 Å². The number of halogens is 3. The highest BCUT2D eigenvalue weighted by Gasteiger charge is 2.34. The Balaban J connectivity index is 2.48. The first kappa shape index (κ1) is 15.2. The van der Waals surface area contributed by atoms with Crippen LogP contribution in [-0.4, -0.2) is 15.0 Å². The number of alkyl halides is 3. The van der Waals surface area contributed by atoms with E-state index < -0.39 is 11.7 Å². The van der Waals surface area contributed by atoms with Crippen molar-refractivity contribution in [3.63, 3.8) is 0 Å². The monoisotopic (exact) mass is 290 g/mol. The summed E-state index contributed by atoms with van der Waals surface area (Å²) in [6, 6.07) is 11.5. The van der Waals surface area contributed by atoms with Gasteiger partial charge in [-0.25, -0.2) is 0 Å². The molecule has 0 aliphatic heterocycles. The van der Waals surface area contributed by atoms with Crippen molar-refractivity contribution >= 4 is 18.9 Å². The summed E-state index contributed by atoms with van der Waals surface area (Å²) < 4.78 is 43.9. The summed E-state index contributed by atoms with van der Waals surface area (Å²) in [6.07, 6.45) is -4.46. The van der Waals surface area contributed by atoms with E-state index in [0.717, 1.165) is 17.1 Å². The second-order valence-electron chi connectivity index (χ2n) is 4.76. The third-order valence-corrected chi connectivity index (χ3v) is 3.22. The number of methoxy groups -OCH3 is 1. The maximum absolute atomic E-state index is 13.0. The molecule has 5 heteroatoms. The molecule has 0 bridgehead atoms. The molecule has 2 rings (SSSR count). The van der Waals surface area contributed by atoms with E-state index in [4.69, 9.17) is 4.74 Å². The summed E-state index contributed by atoms with van der Waals surface area (Å²) in [5.41, 5.74) is 2.00. The minimum absolute atomic E-state index is 0.191. The van der Waals surface area contributed by atoms with Crippen LogP contribution in [0.4, 0.5) is 13.2 Å². The summed E-state index contributed by atoms with van der Waals surface area (Å²) >= 11 is 0. The molecule has 0 aliphatic carbocycles.